The molecule has 0 unspecified atom stereocenters. The first-order valence-electron chi connectivity index (χ1n) is 9.82. The summed E-state index contributed by atoms with van der Waals surface area (Å²) in [5.41, 5.74) is 3.37. The number of hydrogen-bond donors (Lipinski definition) is 0. The summed E-state index contributed by atoms with van der Waals surface area (Å²) < 4.78 is 11.2. The fourth-order valence-electron chi connectivity index (χ4n) is 3.94. The normalized spacial score (nSPS) is 16.0. The molecule has 5 nitrogen and oxygen atoms in total. The van der Waals surface area contributed by atoms with E-state index in [0.717, 1.165) is 22.4 Å². The van der Waals surface area contributed by atoms with E-state index in [0.29, 0.717) is 23.3 Å². The van der Waals surface area contributed by atoms with Crippen molar-refractivity contribution < 1.29 is 9.15 Å². The van der Waals surface area contributed by atoms with Gasteiger partial charge in [0.2, 0.25) is 0 Å². The van der Waals surface area contributed by atoms with E-state index in [1.165, 1.54) is 0 Å². The number of hydrazone groups is 1. The Labute approximate surface area is 173 Å². The van der Waals surface area contributed by atoms with Crippen LogP contribution in [-0.4, -0.2) is 12.8 Å². The lowest BCUT2D eigenvalue weighted by Crippen LogP contribution is -2.19. The third-order valence-electron chi connectivity index (χ3n) is 5.38. The lowest BCUT2D eigenvalue weighted by Gasteiger charge is -2.25. The van der Waals surface area contributed by atoms with Crippen molar-refractivity contribution >= 4 is 22.4 Å². The highest BCUT2D eigenvalue weighted by Crippen LogP contribution is 2.39. The van der Waals surface area contributed by atoms with Gasteiger partial charge in [0.15, 0.2) is 0 Å². The van der Waals surface area contributed by atoms with E-state index in [9.17, 15) is 4.79 Å². The summed E-state index contributed by atoms with van der Waals surface area (Å²) in [6.45, 7) is 0. The van der Waals surface area contributed by atoms with E-state index in [1.54, 1.807) is 13.2 Å². The van der Waals surface area contributed by atoms with E-state index in [1.807, 2.05) is 83.9 Å². The highest BCUT2D eigenvalue weighted by Gasteiger charge is 2.33. The van der Waals surface area contributed by atoms with E-state index >= 15 is 0 Å². The molecule has 0 fully saturated rings. The van der Waals surface area contributed by atoms with Crippen LogP contribution in [0.5, 0.6) is 5.75 Å². The molecule has 2 heterocycles. The smallest absolute Gasteiger partial charge is 0.345 e. The Morgan fingerprint density at radius 1 is 0.967 bits per heavy atom. The molecule has 5 heteroatoms. The van der Waals surface area contributed by atoms with Crippen LogP contribution in [0.25, 0.3) is 11.0 Å². The summed E-state index contributed by atoms with van der Waals surface area (Å²) in [6, 6.07) is 27.2. The highest BCUT2D eigenvalue weighted by atomic mass is 16.5. The summed E-state index contributed by atoms with van der Waals surface area (Å²) in [7, 11) is 1.67. The first-order chi connectivity index (χ1) is 14.7. The Balaban J connectivity index is 1.64. The molecule has 1 aromatic heterocycles. The van der Waals surface area contributed by atoms with E-state index in [-0.39, 0.29) is 11.7 Å². The van der Waals surface area contributed by atoms with E-state index in [4.69, 9.17) is 14.3 Å². The van der Waals surface area contributed by atoms with Crippen LogP contribution in [0.2, 0.25) is 0 Å². The van der Waals surface area contributed by atoms with Gasteiger partial charge in [-0.05, 0) is 30.3 Å². The lowest BCUT2D eigenvalue weighted by molar-refractivity contribution is 0.405. The Bertz CT molecular complexity index is 1290. The lowest BCUT2D eigenvalue weighted by atomic mass is 9.97. The molecule has 0 amide bonds. The number of methoxy groups -OCH3 is 1. The number of para-hydroxylation sites is 3. The fraction of sp³-hybridized carbons (Fsp3) is 0.120. The minimum absolute atomic E-state index is 0.0931. The molecule has 0 radical (unpaired) electrons. The number of rotatable bonds is 4. The topological polar surface area (TPSA) is 55.0 Å². The average molecular weight is 396 g/mol. The van der Waals surface area contributed by atoms with Crippen LogP contribution in [0.15, 0.2) is 99.2 Å². The second kappa shape index (κ2) is 7.52. The van der Waals surface area contributed by atoms with E-state index < -0.39 is 0 Å². The molecule has 0 N–H and O–H groups in total. The molecule has 0 saturated heterocycles. The van der Waals surface area contributed by atoms with Crippen molar-refractivity contribution in [2.45, 2.75) is 12.5 Å². The van der Waals surface area contributed by atoms with Gasteiger partial charge in [-0.3, -0.25) is 5.01 Å². The Hall–Kier alpha value is -3.86. The average Bonchev–Trinajstić information content (AvgIpc) is 3.24. The molecular weight excluding hydrogens is 376 g/mol. The molecule has 30 heavy (non-hydrogen) atoms. The van der Waals surface area contributed by atoms with Crippen LogP contribution in [-0.2, 0) is 0 Å². The summed E-state index contributed by atoms with van der Waals surface area (Å²) in [6.07, 6.45) is 0.568. The molecule has 0 spiro atoms. The highest BCUT2D eigenvalue weighted by molar-refractivity contribution is 6.04. The number of nitrogens with zero attached hydrogens (tertiary/aromatic N) is 2. The molecule has 148 valence electrons. The maximum Gasteiger partial charge on any atom is 0.345 e. The van der Waals surface area contributed by atoms with Crippen LogP contribution in [0, 0.1) is 0 Å². The number of hydrogen-bond acceptors (Lipinski definition) is 5. The maximum atomic E-state index is 12.7. The second-order valence-corrected chi connectivity index (χ2v) is 7.17. The van der Waals surface area contributed by atoms with E-state index in [2.05, 4.69) is 0 Å². The van der Waals surface area contributed by atoms with Crippen LogP contribution < -0.4 is 15.4 Å². The SMILES string of the molecule is COc1ccccc1[C@@H]1CC(c2cc3ccccc3oc2=O)=NN1c1ccccc1. The Kier molecular flexibility index (Phi) is 4.56. The standard InChI is InChI=1S/C25H20N2O3/c1-29-24-14-8-6-12-19(24)22-16-21(26-27(22)18-10-3-2-4-11-18)20-15-17-9-5-7-13-23(17)30-25(20)28/h2-15,22H,16H2,1H3/t22-/m0/s1. The first-order valence-corrected chi connectivity index (χ1v) is 9.82. The second-order valence-electron chi connectivity index (χ2n) is 7.17. The molecule has 0 aliphatic carbocycles. The number of fused-ring (bicyclic) bond motifs is 1. The predicted molar refractivity (Wildman–Crippen MR) is 118 cm³/mol. The van der Waals surface area contributed by atoms with Crippen molar-refractivity contribution in [3.8, 4) is 5.75 Å². The van der Waals surface area contributed by atoms with Gasteiger partial charge in [-0.2, -0.15) is 5.10 Å². The van der Waals surface area contributed by atoms with Crippen molar-refractivity contribution in [1.29, 1.82) is 0 Å². The van der Waals surface area contributed by atoms with Crippen molar-refractivity contribution in [3.05, 3.63) is 106 Å². The zero-order chi connectivity index (χ0) is 20.5. The molecule has 1 aliphatic heterocycles. The fourth-order valence-corrected chi connectivity index (χ4v) is 3.94. The van der Waals surface area contributed by atoms with Gasteiger partial charge in [-0.25, -0.2) is 4.79 Å². The Morgan fingerprint density at radius 2 is 1.70 bits per heavy atom. The van der Waals surface area contributed by atoms with Crippen LogP contribution in [0.4, 0.5) is 5.69 Å². The van der Waals surface area contributed by atoms with Crippen LogP contribution in [0.1, 0.15) is 23.6 Å². The molecule has 5 rings (SSSR count). The largest absolute Gasteiger partial charge is 0.496 e. The van der Waals surface area contributed by atoms with Gasteiger partial charge in [0.25, 0.3) is 0 Å². The first kappa shape index (κ1) is 18.2. The molecule has 0 saturated carbocycles. The van der Waals surface area contributed by atoms with Gasteiger partial charge < -0.3 is 9.15 Å². The minimum atomic E-state index is -0.374. The van der Waals surface area contributed by atoms with Gasteiger partial charge in [0, 0.05) is 17.4 Å². The van der Waals surface area contributed by atoms with Crippen molar-refractivity contribution in [2.24, 2.45) is 5.10 Å². The molecule has 4 aromatic rings. The zero-order valence-corrected chi connectivity index (χ0v) is 16.5. The van der Waals surface area contributed by atoms with Crippen LogP contribution in [0.3, 0.4) is 0 Å². The molecule has 0 bridgehead atoms. The Morgan fingerprint density at radius 3 is 2.53 bits per heavy atom. The molecule has 1 aliphatic rings. The molecule has 1 atom stereocenters. The third kappa shape index (κ3) is 3.14. The molecular formula is C25H20N2O3. The van der Waals surface area contributed by atoms with Crippen LogP contribution >= 0.6 is 0 Å². The summed E-state index contributed by atoms with van der Waals surface area (Å²) in [4.78, 5) is 12.7. The maximum absolute atomic E-state index is 12.7. The van der Waals surface area contributed by atoms with Gasteiger partial charge in [0.1, 0.15) is 11.3 Å². The third-order valence-corrected chi connectivity index (χ3v) is 5.38. The summed E-state index contributed by atoms with van der Waals surface area (Å²) in [5, 5.41) is 7.70. The summed E-state index contributed by atoms with van der Waals surface area (Å²) in [5.74, 6) is 0.797. The van der Waals surface area contributed by atoms with Gasteiger partial charge in [-0.15, -0.1) is 0 Å². The van der Waals surface area contributed by atoms with Crippen molar-refractivity contribution in [2.75, 3.05) is 12.1 Å². The monoisotopic (exact) mass is 396 g/mol. The van der Waals surface area contributed by atoms with Gasteiger partial charge >= 0.3 is 5.63 Å². The quantitative estimate of drug-likeness (QED) is 0.447. The van der Waals surface area contributed by atoms with Crippen molar-refractivity contribution in [1.82, 2.24) is 0 Å². The van der Waals surface area contributed by atoms with Gasteiger partial charge in [-0.1, -0.05) is 54.6 Å². The predicted octanol–water partition coefficient (Wildman–Crippen LogP) is 5.16. The zero-order valence-electron chi connectivity index (χ0n) is 16.5. The number of anilines is 1. The molecule has 3 aromatic carbocycles. The minimum Gasteiger partial charge on any atom is -0.496 e. The summed E-state index contributed by atoms with van der Waals surface area (Å²) >= 11 is 0. The number of benzene rings is 3. The van der Waals surface area contributed by atoms with Crippen molar-refractivity contribution in [3.63, 3.8) is 0 Å². The van der Waals surface area contributed by atoms with Gasteiger partial charge in [0.05, 0.1) is 30.1 Å². The number of ether oxygens (including phenoxy) is 1.